The van der Waals surface area contributed by atoms with E-state index in [0.717, 1.165) is 19.5 Å². The predicted octanol–water partition coefficient (Wildman–Crippen LogP) is -0.790. The largest absolute Gasteiger partial charge is 0.350 e. The first kappa shape index (κ1) is 15.4. The molecule has 0 aliphatic carbocycles. The van der Waals surface area contributed by atoms with Crippen molar-refractivity contribution in [2.24, 2.45) is 5.73 Å². The van der Waals surface area contributed by atoms with Crippen molar-refractivity contribution in [2.75, 3.05) is 13.1 Å². The summed E-state index contributed by atoms with van der Waals surface area (Å²) in [6, 6.07) is 8.68. The van der Waals surface area contributed by atoms with Crippen LogP contribution in [-0.2, 0) is 16.1 Å². The molecule has 1 aliphatic heterocycles. The van der Waals surface area contributed by atoms with E-state index in [-0.39, 0.29) is 6.04 Å². The van der Waals surface area contributed by atoms with E-state index in [4.69, 9.17) is 10.9 Å². The van der Waals surface area contributed by atoms with Crippen molar-refractivity contribution in [3.05, 3.63) is 35.9 Å². The third-order valence-corrected chi connectivity index (χ3v) is 3.54. The zero-order valence-electron chi connectivity index (χ0n) is 11.7. The van der Waals surface area contributed by atoms with Crippen LogP contribution in [0.3, 0.4) is 0 Å². The Morgan fingerprint density at radius 3 is 2.71 bits per heavy atom. The summed E-state index contributed by atoms with van der Waals surface area (Å²) in [7, 11) is 0. The molecule has 5 N–H and O–H groups in total. The third-order valence-electron chi connectivity index (χ3n) is 3.54. The van der Waals surface area contributed by atoms with E-state index in [0.29, 0.717) is 6.54 Å². The smallest absolute Gasteiger partial charge is 0.269 e. The fourth-order valence-electron chi connectivity index (χ4n) is 2.42. The Balaban J connectivity index is 1.80. The highest BCUT2D eigenvalue weighted by Crippen LogP contribution is 2.13. The minimum atomic E-state index is -1.39. The number of rotatable bonds is 5. The number of hydrogen-bond acceptors (Lipinski definition) is 5. The number of nitrogens with zero attached hydrogens (tertiary/aromatic N) is 1. The summed E-state index contributed by atoms with van der Waals surface area (Å²) < 4.78 is 0. The minimum absolute atomic E-state index is 0.0289. The Kier molecular flexibility index (Phi) is 5.26. The molecule has 1 aromatic carbocycles. The van der Waals surface area contributed by atoms with Crippen LogP contribution in [0.1, 0.15) is 12.0 Å². The van der Waals surface area contributed by atoms with Crippen LogP contribution in [0.5, 0.6) is 0 Å². The molecule has 1 aromatic rings. The number of hydroxylamine groups is 1. The van der Waals surface area contributed by atoms with E-state index < -0.39 is 17.9 Å². The summed E-state index contributed by atoms with van der Waals surface area (Å²) in [5.74, 6) is -1.49. The van der Waals surface area contributed by atoms with E-state index in [1.54, 1.807) is 0 Å². The normalized spacial score (nSPS) is 20.0. The Bertz CT molecular complexity index is 494. The van der Waals surface area contributed by atoms with E-state index >= 15 is 0 Å². The van der Waals surface area contributed by atoms with Gasteiger partial charge < -0.3 is 11.1 Å². The zero-order valence-corrected chi connectivity index (χ0v) is 11.7. The van der Waals surface area contributed by atoms with Gasteiger partial charge in [0.15, 0.2) is 6.04 Å². The second kappa shape index (κ2) is 7.16. The topological polar surface area (TPSA) is 108 Å². The first-order valence-electron chi connectivity index (χ1n) is 6.86. The van der Waals surface area contributed by atoms with Crippen LogP contribution in [0.4, 0.5) is 0 Å². The average Bonchev–Trinajstić information content (AvgIpc) is 2.93. The number of nitrogens with two attached hydrogens (primary N) is 1. The number of amides is 2. The maximum absolute atomic E-state index is 11.7. The van der Waals surface area contributed by atoms with Crippen molar-refractivity contribution >= 4 is 11.8 Å². The summed E-state index contributed by atoms with van der Waals surface area (Å²) in [5.41, 5.74) is 8.01. The average molecular weight is 292 g/mol. The molecule has 114 valence electrons. The molecule has 21 heavy (non-hydrogen) atoms. The molecule has 0 spiro atoms. The molecule has 0 aromatic heterocycles. The predicted molar refractivity (Wildman–Crippen MR) is 76.2 cm³/mol. The van der Waals surface area contributed by atoms with Gasteiger partial charge in [0.25, 0.3) is 5.91 Å². The van der Waals surface area contributed by atoms with Gasteiger partial charge >= 0.3 is 0 Å². The van der Waals surface area contributed by atoms with Crippen molar-refractivity contribution in [1.29, 1.82) is 0 Å². The summed E-state index contributed by atoms with van der Waals surface area (Å²) in [6.45, 7) is 2.42. The van der Waals surface area contributed by atoms with Gasteiger partial charge in [-0.05, 0) is 12.0 Å². The van der Waals surface area contributed by atoms with Gasteiger partial charge in [0, 0.05) is 25.7 Å². The fourth-order valence-corrected chi connectivity index (χ4v) is 2.42. The number of carbonyl (C=O) groups is 2. The Labute approximate surface area is 123 Å². The number of benzene rings is 1. The van der Waals surface area contributed by atoms with E-state index in [1.807, 2.05) is 18.2 Å². The van der Waals surface area contributed by atoms with Crippen LogP contribution in [0.2, 0.25) is 0 Å². The zero-order chi connectivity index (χ0) is 15.2. The molecule has 0 radical (unpaired) electrons. The lowest BCUT2D eigenvalue weighted by atomic mass is 10.2. The third kappa shape index (κ3) is 4.25. The van der Waals surface area contributed by atoms with Gasteiger partial charge in [0.2, 0.25) is 5.91 Å². The first-order valence-corrected chi connectivity index (χ1v) is 6.86. The van der Waals surface area contributed by atoms with Crippen molar-refractivity contribution in [3.8, 4) is 0 Å². The van der Waals surface area contributed by atoms with Crippen LogP contribution in [0, 0.1) is 0 Å². The Hall–Kier alpha value is -1.96. The molecule has 0 saturated carbocycles. The molecule has 1 heterocycles. The number of nitrogens with one attached hydrogen (secondary N) is 2. The van der Waals surface area contributed by atoms with Gasteiger partial charge in [-0.3, -0.25) is 19.7 Å². The molecule has 1 aliphatic rings. The molecule has 1 fully saturated rings. The molecule has 0 bridgehead atoms. The van der Waals surface area contributed by atoms with Crippen molar-refractivity contribution in [1.82, 2.24) is 15.7 Å². The quantitative estimate of drug-likeness (QED) is 0.323. The van der Waals surface area contributed by atoms with Crippen LogP contribution in [0.15, 0.2) is 30.3 Å². The lowest BCUT2D eigenvalue weighted by Gasteiger charge is -2.18. The van der Waals surface area contributed by atoms with Crippen LogP contribution in [0.25, 0.3) is 0 Å². The van der Waals surface area contributed by atoms with E-state index in [1.165, 1.54) is 11.0 Å². The molecule has 7 nitrogen and oxygen atoms in total. The Morgan fingerprint density at radius 1 is 1.33 bits per heavy atom. The molecule has 2 atom stereocenters. The second-order valence-electron chi connectivity index (χ2n) is 5.17. The summed E-state index contributed by atoms with van der Waals surface area (Å²) in [5, 5.41) is 11.2. The number of likely N-dealkylation sites (tertiary alicyclic amines) is 1. The molecular weight excluding hydrogens is 272 g/mol. The maximum atomic E-state index is 11.7. The van der Waals surface area contributed by atoms with Crippen molar-refractivity contribution in [3.63, 3.8) is 0 Å². The van der Waals surface area contributed by atoms with E-state index in [2.05, 4.69) is 22.3 Å². The van der Waals surface area contributed by atoms with Gasteiger partial charge in [-0.15, -0.1) is 0 Å². The van der Waals surface area contributed by atoms with Crippen LogP contribution < -0.4 is 16.5 Å². The monoisotopic (exact) mass is 292 g/mol. The number of carbonyl (C=O) groups excluding carboxylic acids is 2. The highest BCUT2D eigenvalue weighted by atomic mass is 16.5. The first-order chi connectivity index (χ1) is 10.1. The summed E-state index contributed by atoms with van der Waals surface area (Å²) >= 11 is 0. The van der Waals surface area contributed by atoms with Gasteiger partial charge in [0.05, 0.1) is 0 Å². The summed E-state index contributed by atoms with van der Waals surface area (Å²) in [4.78, 5) is 25.0. The maximum Gasteiger partial charge on any atom is 0.269 e. The molecule has 1 saturated heterocycles. The lowest BCUT2D eigenvalue weighted by molar-refractivity contribution is -0.136. The van der Waals surface area contributed by atoms with Crippen molar-refractivity contribution in [2.45, 2.75) is 25.0 Å². The highest BCUT2D eigenvalue weighted by molar-refractivity contribution is 6.03. The van der Waals surface area contributed by atoms with Crippen LogP contribution >= 0.6 is 0 Å². The SMILES string of the molecule is NC(C(=O)NO)C(=O)N[C@H]1CCN(Cc2ccccc2)C1. The van der Waals surface area contributed by atoms with Gasteiger partial charge in [-0.1, -0.05) is 30.3 Å². The molecule has 2 rings (SSSR count). The minimum Gasteiger partial charge on any atom is -0.350 e. The van der Waals surface area contributed by atoms with Crippen LogP contribution in [-0.4, -0.2) is 47.1 Å². The fraction of sp³-hybridized carbons (Fsp3) is 0.429. The van der Waals surface area contributed by atoms with Gasteiger partial charge in [-0.2, -0.15) is 0 Å². The molecule has 7 heteroatoms. The highest BCUT2D eigenvalue weighted by Gasteiger charge is 2.28. The second-order valence-corrected chi connectivity index (χ2v) is 5.17. The van der Waals surface area contributed by atoms with E-state index in [9.17, 15) is 9.59 Å². The van der Waals surface area contributed by atoms with Gasteiger partial charge in [0.1, 0.15) is 0 Å². The van der Waals surface area contributed by atoms with Gasteiger partial charge in [-0.25, -0.2) is 5.48 Å². The molecular formula is C14H20N4O3. The number of hydrogen-bond donors (Lipinski definition) is 4. The standard InChI is InChI=1S/C14H20N4O3/c15-12(14(20)17-21)13(19)16-11-6-7-18(9-11)8-10-4-2-1-3-5-10/h1-5,11-12,21H,6-9,15H2,(H,16,19)(H,17,20)/t11-,12?/m0/s1. The Morgan fingerprint density at radius 2 is 2.05 bits per heavy atom. The summed E-state index contributed by atoms with van der Waals surface area (Å²) in [6.07, 6.45) is 0.812. The molecule has 2 amide bonds. The lowest BCUT2D eigenvalue weighted by Crippen LogP contribution is -2.53. The molecule has 1 unspecified atom stereocenters. The van der Waals surface area contributed by atoms with Crippen molar-refractivity contribution < 1.29 is 14.8 Å².